The molecule has 2 N–H and O–H groups in total. The molecule has 0 aliphatic heterocycles. The summed E-state index contributed by atoms with van der Waals surface area (Å²) < 4.78 is 5.48. The molecule has 0 radical (unpaired) electrons. The molecule has 0 spiro atoms. The average molecular weight is 257 g/mol. The largest absolute Gasteiger partial charge is 0.493 e. The van der Waals surface area contributed by atoms with E-state index in [1.807, 2.05) is 31.2 Å². The quantitative estimate of drug-likeness (QED) is 0.808. The fourth-order valence-electron chi connectivity index (χ4n) is 1.57. The zero-order chi connectivity index (χ0) is 13.5. The number of aromatic nitrogens is 2. The molecule has 0 bridgehead atoms. The van der Waals surface area contributed by atoms with Gasteiger partial charge in [-0.3, -0.25) is 9.89 Å². The van der Waals surface area contributed by atoms with Crippen LogP contribution in [0.3, 0.4) is 0 Å². The lowest BCUT2D eigenvalue weighted by molar-refractivity contribution is -0.111. The number of hydrogen-bond acceptors (Lipinski definition) is 3. The minimum absolute atomic E-state index is 0.226. The van der Waals surface area contributed by atoms with Gasteiger partial charge in [0.15, 0.2) is 0 Å². The molecule has 1 aromatic heterocycles. The fraction of sp³-hybridized carbons (Fsp3) is 0.143. The van der Waals surface area contributed by atoms with Crippen molar-refractivity contribution in [3.8, 4) is 5.75 Å². The third-order valence-corrected chi connectivity index (χ3v) is 2.39. The number of carbonyl (C=O) groups is 1. The van der Waals surface area contributed by atoms with Crippen LogP contribution in [-0.4, -0.2) is 22.7 Å². The number of H-pyrrole nitrogens is 1. The van der Waals surface area contributed by atoms with E-state index in [4.69, 9.17) is 4.74 Å². The second-order valence-electron chi connectivity index (χ2n) is 3.76. The summed E-state index contributed by atoms with van der Waals surface area (Å²) in [5.74, 6) is 1.10. The Morgan fingerprint density at radius 2 is 2.26 bits per heavy atom. The standard InChI is InChI=1S/C14H15N3O2/c1-2-19-12-6-4-3-5-11(12)7-8-14(18)16-13-9-10-15-17-13/h3-10H,2H2,1H3,(H2,15,16,17,18). The van der Waals surface area contributed by atoms with Crippen molar-refractivity contribution < 1.29 is 9.53 Å². The van der Waals surface area contributed by atoms with E-state index in [9.17, 15) is 4.79 Å². The van der Waals surface area contributed by atoms with Crippen molar-refractivity contribution in [1.82, 2.24) is 10.2 Å². The molecule has 0 aliphatic rings. The van der Waals surface area contributed by atoms with Crippen LogP contribution in [0.25, 0.3) is 6.08 Å². The van der Waals surface area contributed by atoms with Crippen molar-refractivity contribution in [2.45, 2.75) is 6.92 Å². The highest BCUT2D eigenvalue weighted by Crippen LogP contribution is 2.19. The van der Waals surface area contributed by atoms with Gasteiger partial charge in [-0.05, 0) is 19.1 Å². The van der Waals surface area contributed by atoms with Crippen molar-refractivity contribution in [3.63, 3.8) is 0 Å². The third-order valence-electron chi connectivity index (χ3n) is 2.39. The molecule has 1 heterocycles. The molecule has 2 rings (SSSR count). The molecule has 1 aromatic carbocycles. The van der Waals surface area contributed by atoms with Gasteiger partial charge in [-0.25, -0.2) is 0 Å². The molecule has 1 amide bonds. The number of anilines is 1. The Morgan fingerprint density at radius 3 is 3.00 bits per heavy atom. The van der Waals surface area contributed by atoms with Gasteiger partial charge in [0.1, 0.15) is 11.6 Å². The summed E-state index contributed by atoms with van der Waals surface area (Å²) in [4.78, 5) is 11.7. The minimum Gasteiger partial charge on any atom is -0.493 e. The first-order chi connectivity index (χ1) is 9.29. The number of ether oxygens (including phenoxy) is 1. The van der Waals surface area contributed by atoms with Crippen LogP contribution < -0.4 is 10.1 Å². The van der Waals surface area contributed by atoms with Crippen molar-refractivity contribution in [2.75, 3.05) is 11.9 Å². The number of para-hydroxylation sites is 1. The van der Waals surface area contributed by atoms with E-state index in [2.05, 4.69) is 15.5 Å². The Morgan fingerprint density at radius 1 is 1.42 bits per heavy atom. The van der Waals surface area contributed by atoms with Crippen molar-refractivity contribution in [1.29, 1.82) is 0 Å². The van der Waals surface area contributed by atoms with Gasteiger partial charge >= 0.3 is 0 Å². The molecule has 0 fully saturated rings. The number of nitrogens with one attached hydrogen (secondary N) is 2. The molecule has 0 atom stereocenters. The number of aromatic amines is 1. The molecule has 98 valence electrons. The van der Waals surface area contributed by atoms with Crippen LogP contribution >= 0.6 is 0 Å². The molecule has 0 unspecified atom stereocenters. The molecule has 0 saturated carbocycles. The summed E-state index contributed by atoms with van der Waals surface area (Å²) >= 11 is 0. The maximum absolute atomic E-state index is 11.7. The molecule has 2 aromatic rings. The number of hydrogen-bond donors (Lipinski definition) is 2. The number of rotatable bonds is 5. The smallest absolute Gasteiger partial charge is 0.249 e. The predicted molar refractivity (Wildman–Crippen MR) is 73.9 cm³/mol. The Kier molecular flexibility index (Phi) is 4.34. The Bertz CT molecular complexity index is 562. The first-order valence-electron chi connectivity index (χ1n) is 6.00. The normalized spacial score (nSPS) is 10.6. The van der Waals surface area contributed by atoms with Crippen LogP contribution in [0.5, 0.6) is 5.75 Å². The zero-order valence-corrected chi connectivity index (χ0v) is 10.6. The molecular weight excluding hydrogens is 242 g/mol. The summed E-state index contributed by atoms with van der Waals surface area (Å²) in [6.45, 7) is 2.51. The van der Waals surface area contributed by atoms with Crippen molar-refractivity contribution in [3.05, 3.63) is 48.2 Å². The molecular formula is C14H15N3O2. The molecule has 0 saturated heterocycles. The topological polar surface area (TPSA) is 67.0 Å². The van der Waals surface area contributed by atoms with E-state index >= 15 is 0 Å². The summed E-state index contributed by atoms with van der Waals surface area (Å²) in [6, 6.07) is 9.24. The second-order valence-corrected chi connectivity index (χ2v) is 3.76. The van der Waals surface area contributed by atoms with E-state index in [1.54, 1.807) is 18.3 Å². The lowest BCUT2D eigenvalue weighted by Crippen LogP contribution is -2.07. The van der Waals surface area contributed by atoms with E-state index < -0.39 is 0 Å². The Labute approximate surface area is 111 Å². The summed E-state index contributed by atoms with van der Waals surface area (Å²) in [6.07, 6.45) is 4.75. The molecule has 5 nitrogen and oxygen atoms in total. The highest BCUT2D eigenvalue weighted by atomic mass is 16.5. The highest BCUT2D eigenvalue weighted by Gasteiger charge is 2.01. The van der Waals surface area contributed by atoms with E-state index in [0.717, 1.165) is 11.3 Å². The number of benzene rings is 1. The summed E-state index contributed by atoms with van der Waals surface area (Å²) in [7, 11) is 0. The van der Waals surface area contributed by atoms with Crippen molar-refractivity contribution in [2.24, 2.45) is 0 Å². The van der Waals surface area contributed by atoms with Crippen LogP contribution in [-0.2, 0) is 4.79 Å². The van der Waals surface area contributed by atoms with Crippen LogP contribution in [0.4, 0.5) is 5.82 Å². The van der Waals surface area contributed by atoms with Gasteiger partial charge in [0, 0.05) is 17.7 Å². The van der Waals surface area contributed by atoms with Crippen LogP contribution in [0.15, 0.2) is 42.6 Å². The minimum atomic E-state index is -0.226. The van der Waals surface area contributed by atoms with Gasteiger partial charge < -0.3 is 10.1 Å². The van der Waals surface area contributed by atoms with E-state index in [-0.39, 0.29) is 5.91 Å². The van der Waals surface area contributed by atoms with Crippen molar-refractivity contribution >= 4 is 17.8 Å². The maximum atomic E-state index is 11.7. The maximum Gasteiger partial charge on any atom is 0.249 e. The van der Waals surface area contributed by atoms with Crippen LogP contribution in [0.1, 0.15) is 12.5 Å². The van der Waals surface area contributed by atoms with E-state index in [0.29, 0.717) is 12.4 Å². The lowest BCUT2D eigenvalue weighted by atomic mass is 10.2. The first-order valence-corrected chi connectivity index (χ1v) is 6.00. The third kappa shape index (κ3) is 3.70. The van der Waals surface area contributed by atoms with Gasteiger partial charge in [-0.15, -0.1) is 0 Å². The summed E-state index contributed by atoms with van der Waals surface area (Å²) in [5.41, 5.74) is 0.865. The number of carbonyl (C=O) groups excluding carboxylic acids is 1. The molecule has 0 aliphatic carbocycles. The fourth-order valence-corrected chi connectivity index (χ4v) is 1.57. The molecule has 19 heavy (non-hydrogen) atoms. The van der Waals surface area contributed by atoms with Gasteiger partial charge in [-0.1, -0.05) is 18.2 Å². The van der Waals surface area contributed by atoms with E-state index in [1.165, 1.54) is 6.08 Å². The number of amides is 1. The second kappa shape index (κ2) is 6.39. The van der Waals surface area contributed by atoms with Gasteiger partial charge in [-0.2, -0.15) is 5.10 Å². The highest BCUT2D eigenvalue weighted by molar-refractivity contribution is 6.01. The van der Waals surface area contributed by atoms with Gasteiger partial charge in [0.25, 0.3) is 0 Å². The van der Waals surface area contributed by atoms with Gasteiger partial charge in [0.2, 0.25) is 5.91 Å². The zero-order valence-electron chi connectivity index (χ0n) is 10.6. The SMILES string of the molecule is CCOc1ccccc1C=CC(=O)Nc1ccn[nH]1. The average Bonchev–Trinajstić information content (AvgIpc) is 2.91. The van der Waals surface area contributed by atoms with Crippen LogP contribution in [0, 0.1) is 0 Å². The first kappa shape index (κ1) is 12.9. The van der Waals surface area contributed by atoms with Gasteiger partial charge in [0.05, 0.1) is 12.8 Å². The Balaban J connectivity index is 2.03. The lowest BCUT2D eigenvalue weighted by Gasteiger charge is -2.06. The predicted octanol–water partition coefficient (Wildman–Crippen LogP) is 2.46. The summed E-state index contributed by atoms with van der Waals surface area (Å²) in [5, 5.41) is 9.06. The molecule has 5 heteroatoms. The Hall–Kier alpha value is -2.56. The number of nitrogens with zero attached hydrogens (tertiary/aromatic N) is 1. The monoisotopic (exact) mass is 257 g/mol. The van der Waals surface area contributed by atoms with Crippen LogP contribution in [0.2, 0.25) is 0 Å².